The molecule has 0 saturated carbocycles. The van der Waals surface area contributed by atoms with E-state index in [2.05, 4.69) is 36.8 Å². The van der Waals surface area contributed by atoms with E-state index in [4.69, 9.17) is 0 Å². The first kappa shape index (κ1) is 16.2. The monoisotopic (exact) mass is 436 g/mol. The van der Waals surface area contributed by atoms with Crippen LogP contribution in [0, 0.1) is 0 Å². The molecule has 0 saturated heterocycles. The molecule has 0 radical (unpaired) electrons. The Labute approximate surface area is 150 Å². The summed E-state index contributed by atoms with van der Waals surface area (Å²) in [6.45, 7) is 3.55. The highest BCUT2D eigenvalue weighted by atomic mass is 79.9. The predicted octanol–water partition coefficient (Wildman–Crippen LogP) is 5.00. The van der Waals surface area contributed by atoms with Crippen LogP contribution < -0.4 is 0 Å². The van der Waals surface area contributed by atoms with Crippen LogP contribution >= 0.6 is 31.9 Å². The van der Waals surface area contributed by atoms with Crippen LogP contribution in [0.2, 0.25) is 0 Å². The quantitative estimate of drug-likeness (QED) is 0.586. The molecule has 23 heavy (non-hydrogen) atoms. The van der Waals surface area contributed by atoms with Gasteiger partial charge in [-0.25, -0.2) is 4.98 Å². The second-order valence-electron chi connectivity index (χ2n) is 5.21. The van der Waals surface area contributed by atoms with E-state index in [9.17, 15) is 9.90 Å². The number of Topliss-reactive ketones (excluding diaryl/α,β-unsaturated/α-hetero) is 1. The lowest BCUT2D eigenvalue weighted by molar-refractivity contribution is 0.101. The normalized spacial score (nSPS) is 11.1. The van der Waals surface area contributed by atoms with Gasteiger partial charge >= 0.3 is 0 Å². The minimum absolute atomic E-state index is 0.0151. The molecular weight excluding hydrogens is 424 g/mol. The number of ketones is 1. The van der Waals surface area contributed by atoms with Gasteiger partial charge in [0, 0.05) is 12.5 Å². The molecule has 0 atom stereocenters. The highest BCUT2D eigenvalue weighted by Gasteiger charge is 2.18. The Bertz CT molecular complexity index is 909. The lowest BCUT2D eigenvalue weighted by Crippen LogP contribution is -2.04. The number of rotatable bonds is 3. The number of carbonyl (C=O) groups excluding carboxylic acids is 1. The number of pyridine rings is 1. The molecule has 1 N–H and O–H groups in total. The van der Waals surface area contributed by atoms with Crippen molar-refractivity contribution < 1.29 is 9.90 Å². The summed E-state index contributed by atoms with van der Waals surface area (Å²) in [5, 5.41) is 9.91. The number of imidazole rings is 1. The number of phenols is 1. The highest BCUT2D eigenvalue weighted by molar-refractivity contribution is 9.11. The zero-order valence-electron chi connectivity index (χ0n) is 12.6. The number of nitrogens with zero attached hydrogens (tertiary/aromatic N) is 2. The number of aryl methyl sites for hydroxylation is 1. The smallest absolute Gasteiger partial charge is 0.178 e. The third-order valence-corrected chi connectivity index (χ3v) is 4.91. The number of phenolic OH excluding ortho intramolecular Hbond substituents is 1. The van der Waals surface area contributed by atoms with Gasteiger partial charge in [-0.05, 0) is 62.5 Å². The van der Waals surface area contributed by atoms with Crippen molar-refractivity contribution in [3.8, 4) is 17.0 Å². The summed E-state index contributed by atoms with van der Waals surface area (Å²) in [4.78, 5) is 16.7. The summed E-state index contributed by atoms with van der Waals surface area (Å²) in [5.74, 6) is 0.131. The summed E-state index contributed by atoms with van der Waals surface area (Å²) < 4.78 is 3.05. The number of fused-ring (bicyclic) bond motifs is 1. The first-order valence-corrected chi connectivity index (χ1v) is 8.72. The van der Waals surface area contributed by atoms with Gasteiger partial charge in [-0.2, -0.15) is 0 Å². The second-order valence-corrected chi connectivity index (χ2v) is 6.92. The van der Waals surface area contributed by atoms with Crippen LogP contribution in [0.25, 0.3) is 16.9 Å². The second kappa shape index (κ2) is 6.09. The van der Waals surface area contributed by atoms with Crippen LogP contribution in [0.4, 0.5) is 0 Å². The summed E-state index contributed by atoms with van der Waals surface area (Å²) >= 11 is 6.71. The van der Waals surface area contributed by atoms with E-state index in [1.54, 1.807) is 6.92 Å². The molecular formula is C17H14Br2N2O2. The number of hydrogen-bond acceptors (Lipinski definition) is 3. The van der Waals surface area contributed by atoms with Gasteiger partial charge in [0.1, 0.15) is 17.1 Å². The maximum atomic E-state index is 12.2. The average molecular weight is 438 g/mol. The Morgan fingerprint density at radius 2 is 1.91 bits per heavy atom. The third-order valence-electron chi connectivity index (χ3n) is 3.70. The van der Waals surface area contributed by atoms with Crippen molar-refractivity contribution in [2.45, 2.75) is 20.3 Å². The lowest BCUT2D eigenvalue weighted by Gasteiger charge is -2.10. The number of aromatic nitrogens is 2. The molecule has 3 rings (SSSR count). The third kappa shape index (κ3) is 2.70. The Morgan fingerprint density at radius 1 is 1.26 bits per heavy atom. The SMILES string of the molecule is CCc1nc2cccc(-c3cc(Br)c(O)c(Br)c3)n2c1C(C)=O. The molecule has 3 aromatic rings. The fraction of sp³-hybridized carbons (Fsp3) is 0.176. The predicted molar refractivity (Wildman–Crippen MR) is 97.1 cm³/mol. The molecule has 2 aromatic heterocycles. The summed E-state index contributed by atoms with van der Waals surface area (Å²) in [6.07, 6.45) is 0.693. The Hall–Kier alpha value is -1.66. The molecule has 0 aliphatic heterocycles. The Morgan fingerprint density at radius 3 is 2.48 bits per heavy atom. The summed E-state index contributed by atoms with van der Waals surface area (Å²) in [5.41, 5.74) is 3.86. The van der Waals surface area contributed by atoms with E-state index in [0.29, 0.717) is 21.1 Å². The molecule has 0 aliphatic rings. The minimum atomic E-state index is -0.0151. The van der Waals surface area contributed by atoms with E-state index < -0.39 is 0 Å². The van der Waals surface area contributed by atoms with Crippen molar-refractivity contribution in [3.63, 3.8) is 0 Å². The van der Waals surface area contributed by atoms with Crippen LogP contribution in [0.15, 0.2) is 39.3 Å². The molecule has 0 bridgehead atoms. The van der Waals surface area contributed by atoms with E-state index >= 15 is 0 Å². The maximum absolute atomic E-state index is 12.2. The summed E-state index contributed by atoms with van der Waals surface area (Å²) in [6, 6.07) is 9.38. The molecule has 0 amide bonds. The topological polar surface area (TPSA) is 54.6 Å². The number of carbonyl (C=O) groups is 1. The Kier molecular flexibility index (Phi) is 4.29. The van der Waals surface area contributed by atoms with Gasteiger partial charge in [0.2, 0.25) is 0 Å². The zero-order valence-corrected chi connectivity index (χ0v) is 15.8. The molecule has 0 spiro atoms. The molecule has 0 unspecified atom stereocenters. The maximum Gasteiger partial charge on any atom is 0.178 e. The number of benzene rings is 1. The fourth-order valence-corrected chi connectivity index (χ4v) is 3.87. The average Bonchev–Trinajstić information content (AvgIpc) is 2.90. The number of hydrogen-bond donors (Lipinski definition) is 1. The molecule has 4 nitrogen and oxygen atoms in total. The standard InChI is InChI=1S/C17H14Br2N2O2/c1-3-13-16(9(2)22)21-14(5-4-6-15(21)20-13)10-7-11(18)17(23)12(19)8-10/h4-8,23H,3H2,1-2H3. The van der Waals surface area contributed by atoms with Crippen molar-refractivity contribution in [1.29, 1.82) is 0 Å². The number of aromatic hydroxyl groups is 1. The van der Waals surface area contributed by atoms with Gasteiger partial charge in [0.05, 0.1) is 20.3 Å². The summed E-state index contributed by atoms with van der Waals surface area (Å²) in [7, 11) is 0. The van der Waals surface area contributed by atoms with Gasteiger partial charge in [0.15, 0.2) is 5.78 Å². The zero-order chi connectivity index (χ0) is 16.7. The lowest BCUT2D eigenvalue weighted by atomic mass is 10.1. The van der Waals surface area contributed by atoms with Crippen LogP contribution in [0.5, 0.6) is 5.75 Å². The molecule has 1 aromatic carbocycles. The van der Waals surface area contributed by atoms with E-state index in [1.165, 1.54) is 0 Å². The molecule has 0 aliphatic carbocycles. The molecule has 0 fully saturated rings. The van der Waals surface area contributed by atoms with Crippen molar-refractivity contribution in [1.82, 2.24) is 9.38 Å². The first-order valence-electron chi connectivity index (χ1n) is 7.13. The van der Waals surface area contributed by atoms with Crippen molar-refractivity contribution in [3.05, 3.63) is 50.7 Å². The van der Waals surface area contributed by atoms with E-state index in [-0.39, 0.29) is 11.5 Å². The minimum Gasteiger partial charge on any atom is -0.506 e. The molecule has 2 heterocycles. The van der Waals surface area contributed by atoms with Gasteiger partial charge in [-0.3, -0.25) is 9.20 Å². The van der Waals surface area contributed by atoms with Crippen molar-refractivity contribution in [2.24, 2.45) is 0 Å². The van der Waals surface area contributed by atoms with Crippen LogP contribution in [-0.4, -0.2) is 20.3 Å². The number of halogens is 2. The van der Waals surface area contributed by atoms with E-state index in [0.717, 1.165) is 22.6 Å². The molecule has 6 heteroatoms. The van der Waals surface area contributed by atoms with Gasteiger partial charge < -0.3 is 5.11 Å². The fourth-order valence-electron chi connectivity index (χ4n) is 2.69. The van der Waals surface area contributed by atoms with Gasteiger partial charge in [-0.15, -0.1) is 0 Å². The molecule has 118 valence electrons. The van der Waals surface area contributed by atoms with Crippen LogP contribution in [0.3, 0.4) is 0 Å². The van der Waals surface area contributed by atoms with Crippen molar-refractivity contribution >= 4 is 43.3 Å². The van der Waals surface area contributed by atoms with Crippen molar-refractivity contribution in [2.75, 3.05) is 0 Å². The van der Waals surface area contributed by atoms with Gasteiger partial charge in [-0.1, -0.05) is 13.0 Å². The van der Waals surface area contributed by atoms with Gasteiger partial charge in [0.25, 0.3) is 0 Å². The first-order chi connectivity index (χ1) is 10.9. The van der Waals surface area contributed by atoms with E-state index in [1.807, 2.05) is 41.7 Å². The van der Waals surface area contributed by atoms with Crippen LogP contribution in [0.1, 0.15) is 30.0 Å². The largest absolute Gasteiger partial charge is 0.506 e. The highest BCUT2D eigenvalue weighted by Crippen LogP contribution is 2.37. The van der Waals surface area contributed by atoms with Crippen LogP contribution in [-0.2, 0) is 6.42 Å². The Balaban J connectivity index is 2.38.